The lowest BCUT2D eigenvalue weighted by Crippen LogP contribution is -2.11. The summed E-state index contributed by atoms with van der Waals surface area (Å²) in [5.41, 5.74) is 0. The molecule has 14 heavy (non-hydrogen) atoms. The first kappa shape index (κ1) is 11.7. The van der Waals surface area contributed by atoms with Gasteiger partial charge in [0.05, 0.1) is 19.8 Å². The predicted octanol–water partition coefficient (Wildman–Crippen LogP) is 2.79. The second kappa shape index (κ2) is 8.01. The van der Waals surface area contributed by atoms with E-state index in [1.165, 1.54) is 32.1 Å². The minimum atomic E-state index is 0.632. The van der Waals surface area contributed by atoms with Crippen molar-refractivity contribution >= 4 is 0 Å². The molecule has 0 saturated heterocycles. The molecule has 2 nitrogen and oxygen atoms in total. The van der Waals surface area contributed by atoms with Crippen molar-refractivity contribution < 1.29 is 9.47 Å². The van der Waals surface area contributed by atoms with Gasteiger partial charge in [-0.25, -0.2) is 0 Å². The van der Waals surface area contributed by atoms with Crippen LogP contribution in [0.25, 0.3) is 0 Å². The van der Waals surface area contributed by atoms with Crippen LogP contribution in [-0.4, -0.2) is 26.9 Å². The van der Waals surface area contributed by atoms with Crippen LogP contribution >= 0.6 is 0 Å². The van der Waals surface area contributed by atoms with Crippen molar-refractivity contribution in [1.82, 2.24) is 0 Å². The van der Waals surface area contributed by atoms with E-state index in [0.717, 1.165) is 13.2 Å². The van der Waals surface area contributed by atoms with Crippen molar-refractivity contribution in [1.29, 1.82) is 0 Å². The third-order valence-electron chi connectivity index (χ3n) is 2.62. The second-order valence-electron chi connectivity index (χ2n) is 3.89. The predicted molar refractivity (Wildman–Crippen MR) is 58.4 cm³/mol. The van der Waals surface area contributed by atoms with Gasteiger partial charge in [0.2, 0.25) is 0 Å². The molecule has 0 radical (unpaired) electrons. The van der Waals surface area contributed by atoms with Gasteiger partial charge >= 0.3 is 0 Å². The van der Waals surface area contributed by atoms with Gasteiger partial charge in [0, 0.05) is 13.0 Å². The molecule has 2 heteroatoms. The van der Waals surface area contributed by atoms with E-state index < -0.39 is 0 Å². The average molecular weight is 198 g/mol. The highest BCUT2D eigenvalue weighted by Crippen LogP contribution is 2.16. The summed E-state index contributed by atoms with van der Waals surface area (Å²) in [6.07, 6.45) is 11.2. The van der Waals surface area contributed by atoms with Gasteiger partial charge in [0.25, 0.3) is 0 Å². The van der Waals surface area contributed by atoms with E-state index >= 15 is 0 Å². The van der Waals surface area contributed by atoms with E-state index in [4.69, 9.17) is 9.47 Å². The Hall–Kier alpha value is -0.340. The maximum atomic E-state index is 5.53. The van der Waals surface area contributed by atoms with Gasteiger partial charge in [-0.05, 0) is 19.3 Å². The fourth-order valence-corrected chi connectivity index (χ4v) is 1.75. The second-order valence-corrected chi connectivity index (χ2v) is 3.89. The number of methoxy groups -OCH3 is 1. The van der Waals surface area contributed by atoms with E-state index in [-0.39, 0.29) is 0 Å². The zero-order chi connectivity index (χ0) is 10.1. The maximum Gasteiger partial charge on any atom is 0.0700 e. The van der Waals surface area contributed by atoms with Gasteiger partial charge < -0.3 is 9.47 Å². The van der Waals surface area contributed by atoms with Crippen molar-refractivity contribution in [2.24, 2.45) is 5.92 Å². The smallest absolute Gasteiger partial charge is 0.0700 e. The average Bonchev–Trinajstić information content (AvgIpc) is 2.15. The molecule has 1 aliphatic rings. The molecule has 0 aromatic carbocycles. The molecule has 82 valence electrons. The summed E-state index contributed by atoms with van der Waals surface area (Å²) in [7, 11) is 1.71. The molecule has 1 atom stereocenters. The summed E-state index contributed by atoms with van der Waals surface area (Å²) in [5.74, 6) is 0.632. The van der Waals surface area contributed by atoms with Crippen LogP contribution in [0.1, 0.15) is 32.1 Å². The number of ether oxygens (including phenoxy) is 2. The van der Waals surface area contributed by atoms with Crippen LogP contribution in [0.15, 0.2) is 12.2 Å². The van der Waals surface area contributed by atoms with Crippen LogP contribution in [0.2, 0.25) is 0 Å². The summed E-state index contributed by atoms with van der Waals surface area (Å²) in [4.78, 5) is 0. The highest BCUT2D eigenvalue weighted by atomic mass is 16.5. The zero-order valence-electron chi connectivity index (χ0n) is 9.21. The van der Waals surface area contributed by atoms with E-state index in [9.17, 15) is 0 Å². The van der Waals surface area contributed by atoms with E-state index in [1.807, 2.05) is 0 Å². The third-order valence-corrected chi connectivity index (χ3v) is 2.62. The maximum absolute atomic E-state index is 5.53. The Bertz CT molecular complexity index is 154. The number of hydrogen-bond acceptors (Lipinski definition) is 2. The molecule has 0 saturated carbocycles. The molecule has 1 aliphatic carbocycles. The van der Waals surface area contributed by atoms with Crippen LogP contribution in [0.3, 0.4) is 0 Å². The first-order valence-electron chi connectivity index (χ1n) is 5.67. The van der Waals surface area contributed by atoms with Crippen molar-refractivity contribution in [3.63, 3.8) is 0 Å². The summed E-state index contributed by atoms with van der Waals surface area (Å²) < 4.78 is 10.5. The molecule has 0 heterocycles. The monoisotopic (exact) mass is 198 g/mol. The number of hydrogen-bond donors (Lipinski definition) is 0. The quantitative estimate of drug-likeness (QED) is 0.499. The van der Waals surface area contributed by atoms with Crippen molar-refractivity contribution in [2.75, 3.05) is 26.9 Å². The lowest BCUT2D eigenvalue weighted by Gasteiger charge is -2.15. The molecular weight excluding hydrogens is 176 g/mol. The fraction of sp³-hybridized carbons (Fsp3) is 0.833. The Labute approximate surface area is 87.3 Å². The van der Waals surface area contributed by atoms with E-state index in [1.54, 1.807) is 7.11 Å². The van der Waals surface area contributed by atoms with Gasteiger partial charge in [-0.15, -0.1) is 0 Å². The molecule has 0 amide bonds. The zero-order valence-corrected chi connectivity index (χ0v) is 9.21. The molecule has 0 aromatic rings. The lowest BCUT2D eigenvalue weighted by atomic mass is 9.97. The van der Waals surface area contributed by atoms with Gasteiger partial charge in [-0.1, -0.05) is 25.0 Å². The highest BCUT2D eigenvalue weighted by molar-refractivity contribution is 4.89. The topological polar surface area (TPSA) is 18.5 Å². The van der Waals surface area contributed by atoms with Gasteiger partial charge in [0.1, 0.15) is 0 Å². The van der Waals surface area contributed by atoms with Crippen LogP contribution in [0, 0.1) is 5.92 Å². The van der Waals surface area contributed by atoms with Crippen molar-refractivity contribution in [3.05, 3.63) is 12.2 Å². The van der Waals surface area contributed by atoms with E-state index in [2.05, 4.69) is 12.2 Å². The van der Waals surface area contributed by atoms with Gasteiger partial charge in [0.15, 0.2) is 0 Å². The van der Waals surface area contributed by atoms with Crippen LogP contribution in [0.4, 0.5) is 0 Å². The molecule has 0 bridgehead atoms. The minimum absolute atomic E-state index is 0.632. The van der Waals surface area contributed by atoms with Gasteiger partial charge in [-0.3, -0.25) is 0 Å². The third kappa shape index (κ3) is 5.40. The summed E-state index contributed by atoms with van der Waals surface area (Å²) >= 11 is 0. The summed E-state index contributed by atoms with van der Waals surface area (Å²) in [6.45, 7) is 2.29. The molecule has 0 aromatic heterocycles. The van der Waals surface area contributed by atoms with Crippen LogP contribution < -0.4 is 0 Å². The first-order valence-corrected chi connectivity index (χ1v) is 5.67. The molecule has 0 N–H and O–H groups in total. The fourth-order valence-electron chi connectivity index (χ4n) is 1.75. The van der Waals surface area contributed by atoms with Crippen molar-refractivity contribution in [3.8, 4) is 0 Å². The molecule has 1 unspecified atom stereocenters. The largest absolute Gasteiger partial charge is 0.382 e. The molecular formula is C12H22O2. The first-order chi connectivity index (χ1) is 6.93. The summed E-state index contributed by atoms with van der Waals surface area (Å²) in [5, 5.41) is 0. The SMILES string of the molecule is COCCOCC1/C=C\CCCCC1. The molecule has 1 rings (SSSR count). The summed E-state index contributed by atoms with van der Waals surface area (Å²) in [6, 6.07) is 0. The number of allylic oxidation sites excluding steroid dienone is 1. The Morgan fingerprint density at radius 2 is 2.14 bits per heavy atom. The lowest BCUT2D eigenvalue weighted by molar-refractivity contribution is 0.0569. The minimum Gasteiger partial charge on any atom is -0.382 e. The standard InChI is InChI=1S/C12H22O2/c1-13-9-10-14-11-12-7-5-3-2-4-6-8-12/h5,7,12H,2-4,6,8-11H2,1H3/b7-5-. The number of rotatable bonds is 5. The van der Waals surface area contributed by atoms with E-state index in [0.29, 0.717) is 12.5 Å². The van der Waals surface area contributed by atoms with Crippen LogP contribution in [-0.2, 0) is 9.47 Å². The molecule has 0 aliphatic heterocycles. The van der Waals surface area contributed by atoms with Gasteiger partial charge in [-0.2, -0.15) is 0 Å². The molecule has 0 fully saturated rings. The Morgan fingerprint density at radius 1 is 1.21 bits per heavy atom. The van der Waals surface area contributed by atoms with Crippen molar-refractivity contribution in [2.45, 2.75) is 32.1 Å². The van der Waals surface area contributed by atoms with Crippen LogP contribution in [0.5, 0.6) is 0 Å². The molecule has 0 spiro atoms. The Kier molecular flexibility index (Phi) is 6.71. The normalized spacial score (nSPS) is 25.4. The Morgan fingerprint density at radius 3 is 3.00 bits per heavy atom. The highest BCUT2D eigenvalue weighted by Gasteiger charge is 2.06. The Balaban J connectivity index is 2.10.